The third-order valence-corrected chi connectivity index (χ3v) is 2.68. The third-order valence-electron chi connectivity index (χ3n) is 2.49. The molecule has 0 saturated carbocycles. The number of rotatable bonds is 7. The first-order chi connectivity index (χ1) is 8.13. The van der Waals surface area contributed by atoms with Crippen molar-refractivity contribution in [2.45, 2.75) is 25.7 Å². The third kappa shape index (κ3) is 5.10. The van der Waals surface area contributed by atoms with Crippen LogP contribution in [0.4, 0.5) is 0 Å². The van der Waals surface area contributed by atoms with Crippen molar-refractivity contribution < 1.29 is 9.90 Å². The highest BCUT2D eigenvalue weighted by Gasteiger charge is 2.18. The van der Waals surface area contributed by atoms with E-state index in [0.29, 0.717) is 30.2 Å². The number of carboxylic acids is 1. The molecular weight excluding hydrogens is 242 g/mol. The summed E-state index contributed by atoms with van der Waals surface area (Å²) >= 11 is 5.61. The highest BCUT2D eigenvalue weighted by Crippen LogP contribution is 2.14. The van der Waals surface area contributed by atoms with E-state index in [9.17, 15) is 4.79 Å². The van der Waals surface area contributed by atoms with Crippen molar-refractivity contribution in [3.8, 4) is 0 Å². The molecule has 0 amide bonds. The van der Waals surface area contributed by atoms with Crippen LogP contribution in [0.15, 0.2) is 12.4 Å². The molecule has 0 aliphatic carbocycles. The molecule has 0 radical (unpaired) electrons. The van der Waals surface area contributed by atoms with Gasteiger partial charge in [-0.3, -0.25) is 9.78 Å². The molecule has 0 spiro atoms. The molecule has 17 heavy (non-hydrogen) atoms. The number of aromatic nitrogens is 2. The van der Waals surface area contributed by atoms with Crippen molar-refractivity contribution in [2.75, 3.05) is 6.54 Å². The molecule has 0 bridgehead atoms. The average molecular weight is 258 g/mol. The largest absolute Gasteiger partial charge is 0.481 e. The van der Waals surface area contributed by atoms with Gasteiger partial charge in [-0.2, -0.15) is 0 Å². The van der Waals surface area contributed by atoms with Crippen LogP contribution in [0.2, 0.25) is 5.15 Å². The average Bonchev–Trinajstić information content (AvgIpc) is 2.30. The second kappa shape index (κ2) is 7.19. The summed E-state index contributed by atoms with van der Waals surface area (Å²) in [6.07, 6.45) is 5.59. The maximum Gasteiger partial charge on any atom is 0.306 e. The van der Waals surface area contributed by atoms with Crippen LogP contribution in [0.3, 0.4) is 0 Å². The van der Waals surface area contributed by atoms with E-state index in [4.69, 9.17) is 22.4 Å². The monoisotopic (exact) mass is 257 g/mol. The van der Waals surface area contributed by atoms with Crippen molar-refractivity contribution in [3.05, 3.63) is 23.2 Å². The fraction of sp³-hybridized carbons (Fsp3) is 0.545. The number of hydrogen-bond donors (Lipinski definition) is 2. The van der Waals surface area contributed by atoms with E-state index in [2.05, 4.69) is 9.97 Å². The van der Waals surface area contributed by atoms with Crippen LogP contribution >= 0.6 is 11.6 Å². The van der Waals surface area contributed by atoms with Gasteiger partial charge < -0.3 is 10.8 Å². The molecule has 94 valence electrons. The number of aliphatic carboxylic acids is 1. The lowest BCUT2D eigenvalue weighted by molar-refractivity contribution is -0.142. The summed E-state index contributed by atoms with van der Waals surface area (Å²) in [5.41, 5.74) is 6.02. The lowest BCUT2D eigenvalue weighted by atomic mass is 9.97. The Morgan fingerprint density at radius 2 is 2.18 bits per heavy atom. The fourth-order valence-corrected chi connectivity index (χ4v) is 1.64. The van der Waals surface area contributed by atoms with Gasteiger partial charge in [0, 0.05) is 6.42 Å². The van der Waals surface area contributed by atoms with Crippen molar-refractivity contribution in [2.24, 2.45) is 11.7 Å². The molecule has 3 N–H and O–H groups in total. The van der Waals surface area contributed by atoms with E-state index in [1.165, 1.54) is 12.4 Å². The SMILES string of the molecule is NCCCCC(Cc1cnc(Cl)cn1)C(=O)O. The van der Waals surface area contributed by atoms with Crippen molar-refractivity contribution >= 4 is 17.6 Å². The van der Waals surface area contributed by atoms with Gasteiger partial charge in [-0.15, -0.1) is 0 Å². The fourth-order valence-electron chi connectivity index (χ4n) is 1.54. The van der Waals surface area contributed by atoms with Gasteiger partial charge in [0.1, 0.15) is 5.15 Å². The molecule has 1 heterocycles. The second-order valence-electron chi connectivity index (χ2n) is 3.85. The summed E-state index contributed by atoms with van der Waals surface area (Å²) in [6, 6.07) is 0. The molecule has 1 aromatic rings. The summed E-state index contributed by atoms with van der Waals surface area (Å²) in [4.78, 5) is 19.0. The number of halogens is 1. The lowest BCUT2D eigenvalue weighted by Gasteiger charge is -2.11. The minimum atomic E-state index is -0.807. The molecule has 6 heteroatoms. The molecule has 0 saturated heterocycles. The number of nitrogens with two attached hydrogens (primary N) is 1. The molecule has 0 fully saturated rings. The first-order valence-electron chi connectivity index (χ1n) is 5.52. The Hall–Kier alpha value is -1.20. The summed E-state index contributed by atoms with van der Waals surface area (Å²) in [6.45, 7) is 0.590. The Bertz CT molecular complexity index is 356. The first kappa shape index (κ1) is 13.9. The summed E-state index contributed by atoms with van der Waals surface area (Å²) in [5.74, 6) is -1.24. The predicted molar refractivity (Wildman–Crippen MR) is 64.8 cm³/mol. The van der Waals surface area contributed by atoms with Gasteiger partial charge >= 0.3 is 5.97 Å². The maximum atomic E-state index is 11.1. The van der Waals surface area contributed by atoms with Crippen LogP contribution in [0.1, 0.15) is 25.0 Å². The number of carboxylic acid groups (broad SMARTS) is 1. The number of carbonyl (C=O) groups is 1. The van der Waals surface area contributed by atoms with Gasteiger partial charge in [0.15, 0.2) is 0 Å². The number of hydrogen-bond acceptors (Lipinski definition) is 4. The van der Waals surface area contributed by atoms with Gasteiger partial charge in [0.25, 0.3) is 0 Å². The summed E-state index contributed by atoms with van der Waals surface area (Å²) in [7, 11) is 0. The molecule has 1 aromatic heterocycles. The normalized spacial score (nSPS) is 12.4. The highest BCUT2D eigenvalue weighted by molar-refractivity contribution is 6.29. The van der Waals surface area contributed by atoms with E-state index in [-0.39, 0.29) is 0 Å². The molecular formula is C11H16ClN3O2. The lowest BCUT2D eigenvalue weighted by Crippen LogP contribution is -2.17. The molecule has 1 unspecified atom stereocenters. The van der Waals surface area contributed by atoms with Crippen LogP contribution in [-0.2, 0) is 11.2 Å². The molecule has 1 rings (SSSR count). The standard InChI is InChI=1S/C11H16ClN3O2/c12-10-7-14-9(6-15-10)5-8(11(16)17)3-1-2-4-13/h6-8H,1-5,13H2,(H,16,17). The Morgan fingerprint density at radius 1 is 1.41 bits per heavy atom. The second-order valence-corrected chi connectivity index (χ2v) is 4.24. The molecule has 1 atom stereocenters. The van der Waals surface area contributed by atoms with E-state index in [0.717, 1.165) is 12.8 Å². The van der Waals surface area contributed by atoms with Crippen molar-refractivity contribution in [1.82, 2.24) is 9.97 Å². The topological polar surface area (TPSA) is 89.1 Å². The zero-order valence-corrected chi connectivity index (χ0v) is 10.2. The number of nitrogens with zero attached hydrogens (tertiary/aromatic N) is 2. The Labute approximate surface area is 105 Å². The van der Waals surface area contributed by atoms with Crippen LogP contribution in [0, 0.1) is 5.92 Å². The van der Waals surface area contributed by atoms with Gasteiger partial charge in [-0.25, -0.2) is 4.98 Å². The summed E-state index contributed by atoms with van der Waals surface area (Å²) in [5, 5.41) is 9.39. The van der Waals surface area contributed by atoms with Crippen LogP contribution < -0.4 is 5.73 Å². The molecule has 0 aliphatic heterocycles. The van der Waals surface area contributed by atoms with Crippen molar-refractivity contribution in [1.29, 1.82) is 0 Å². The van der Waals surface area contributed by atoms with E-state index < -0.39 is 11.9 Å². The maximum absolute atomic E-state index is 11.1. The smallest absolute Gasteiger partial charge is 0.306 e. The zero-order valence-electron chi connectivity index (χ0n) is 9.47. The van der Waals surface area contributed by atoms with E-state index in [1.54, 1.807) is 0 Å². The minimum absolute atomic E-state index is 0.309. The van der Waals surface area contributed by atoms with Gasteiger partial charge in [0.2, 0.25) is 0 Å². The summed E-state index contributed by atoms with van der Waals surface area (Å²) < 4.78 is 0. The van der Waals surface area contributed by atoms with E-state index >= 15 is 0 Å². The number of unbranched alkanes of at least 4 members (excludes halogenated alkanes) is 1. The van der Waals surface area contributed by atoms with Crippen LogP contribution in [0.25, 0.3) is 0 Å². The van der Waals surface area contributed by atoms with Crippen LogP contribution in [0.5, 0.6) is 0 Å². The zero-order chi connectivity index (χ0) is 12.7. The van der Waals surface area contributed by atoms with Crippen molar-refractivity contribution in [3.63, 3.8) is 0 Å². The molecule has 0 aliphatic rings. The van der Waals surface area contributed by atoms with Gasteiger partial charge in [-0.1, -0.05) is 18.0 Å². The molecule has 5 nitrogen and oxygen atoms in total. The molecule has 0 aromatic carbocycles. The Morgan fingerprint density at radius 3 is 2.71 bits per heavy atom. The Kier molecular flexibility index (Phi) is 5.86. The van der Waals surface area contributed by atoms with Gasteiger partial charge in [0.05, 0.1) is 24.0 Å². The predicted octanol–water partition coefficient (Wildman–Crippen LogP) is 1.50. The Balaban J connectivity index is 2.54. The quantitative estimate of drug-likeness (QED) is 0.723. The van der Waals surface area contributed by atoms with Gasteiger partial charge in [-0.05, 0) is 19.4 Å². The highest BCUT2D eigenvalue weighted by atomic mass is 35.5. The van der Waals surface area contributed by atoms with Crippen LogP contribution in [-0.4, -0.2) is 27.6 Å². The first-order valence-corrected chi connectivity index (χ1v) is 5.90. The minimum Gasteiger partial charge on any atom is -0.481 e. The van der Waals surface area contributed by atoms with E-state index in [1.807, 2.05) is 0 Å².